The number of nitrogens with zero attached hydrogens (tertiary/aromatic N) is 1. The summed E-state index contributed by atoms with van der Waals surface area (Å²) in [5.74, 6) is 0.416. The molecule has 0 atom stereocenters. The summed E-state index contributed by atoms with van der Waals surface area (Å²) in [5, 5.41) is 11.5. The van der Waals surface area contributed by atoms with Gasteiger partial charge in [-0.2, -0.15) is 0 Å². The van der Waals surface area contributed by atoms with Gasteiger partial charge in [0.05, 0.1) is 5.39 Å². The number of aromatic hydroxyl groups is 1. The number of benzene rings is 2. The first kappa shape index (κ1) is 19.4. The van der Waals surface area contributed by atoms with Crippen molar-refractivity contribution < 1.29 is 33.7 Å². The molecule has 3 rings (SSSR count). The van der Waals surface area contributed by atoms with Crippen molar-refractivity contribution in [3.8, 4) is 5.75 Å². The zero-order valence-electron chi connectivity index (χ0n) is 15.4. The molecule has 1 heterocycles. The smallest absolute Gasteiger partial charge is 0.212 e. The van der Waals surface area contributed by atoms with Crippen molar-refractivity contribution in [1.29, 1.82) is 0 Å². The molecular weight excluding hydrogens is 421 g/mol. The Labute approximate surface area is 166 Å². The van der Waals surface area contributed by atoms with Crippen LogP contribution in [0.2, 0.25) is 0 Å². The van der Waals surface area contributed by atoms with Crippen LogP contribution in [-0.2, 0) is 7.05 Å². The predicted octanol–water partition coefficient (Wildman–Crippen LogP) is 1.78. The lowest BCUT2D eigenvalue weighted by atomic mass is 9.92. The normalized spacial score (nSPS) is 11.1. The van der Waals surface area contributed by atoms with Crippen LogP contribution in [0.4, 0.5) is 0 Å². The Kier molecular flexibility index (Phi) is 5.88. The van der Waals surface area contributed by atoms with E-state index in [9.17, 15) is 5.11 Å². The number of aromatic nitrogens is 1. The molecule has 0 radical (unpaired) electrons. The highest BCUT2D eigenvalue weighted by molar-refractivity contribution is 5.89. The van der Waals surface area contributed by atoms with Crippen LogP contribution in [0.15, 0.2) is 36.5 Å². The topological polar surface area (TPSA) is 24.1 Å². The molecule has 2 nitrogen and oxygen atoms in total. The standard InChI is InChI=1S/C22H23NO.HI/c1-14-16(3)22(24)17(4)15(2)19(14)11-10-18-12-13-23(5)21-9-7-6-8-20(18)21;/h6-13H,1-5H3;1H. The van der Waals surface area contributed by atoms with Gasteiger partial charge < -0.3 is 29.1 Å². The molecule has 3 heteroatoms. The molecule has 1 aromatic heterocycles. The summed E-state index contributed by atoms with van der Waals surface area (Å²) >= 11 is 0. The van der Waals surface area contributed by atoms with Gasteiger partial charge in [0.2, 0.25) is 5.52 Å². The maximum Gasteiger partial charge on any atom is 0.212 e. The van der Waals surface area contributed by atoms with E-state index in [0.717, 1.165) is 22.3 Å². The second kappa shape index (κ2) is 7.56. The summed E-state index contributed by atoms with van der Waals surface area (Å²) < 4.78 is 2.14. The maximum absolute atomic E-state index is 10.2. The lowest BCUT2D eigenvalue weighted by Gasteiger charge is -2.15. The third-order valence-corrected chi connectivity index (χ3v) is 5.15. The number of phenolic OH excluding ortho intramolecular Hbond substituents is 1. The third kappa shape index (κ3) is 3.43. The van der Waals surface area contributed by atoms with Crippen molar-refractivity contribution in [3.05, 3.63) is 69.9 Å². The molecule has 0 unspecified atom stereocenters. The molecule has 0 spiro atoms. The number of hydrogen-bond donors (Lipinski definition) is 1. The molecule has 3 aromatic rings. The minimum Gasteiger partial charge on any atom is -1.00 e. The zero-order valence-corrected chi connectivity index (χ0v) is 17.5. The zero-order chi connectivity index (χ0) is 17.4. The van der Waals surface area contributed by atoms with Gasteiger partial charge in [-0.3, -0.25) is 0 Å². The predicted molar refractivity (Wildman–Crippen MR) is 101 cm³/mol. The Balaban J connectivity index is 0.00000225. The SMILES string of the molecule is Cc1c(C)c(/C=C/c2cc[n+](C)c3ccccc23)c(C)c(C)c1O.[I-]. The minimum atomic E-state index is 0. The molecular formula is C22H24INO. The summed E-state index contributed by atoms with van der Waals surface area (Å²) in [6.07, 6.45) is 6.44. The van der Waals surface area contributed by atoms with Gasteiger partial charge in [0, 0.05) is 12.1 Å². The average molecular weight is 445 g/mol. The van der Waals surface area contributed by atoms with Crippen LogP contribution >= 0.6 is 0 Å². The molecule has 1 N–H and O–H groups in total. The molecule has 0 aliphatic carbocycles. The van der Waals surface area contributed by atoms with Gasteiger partial charge in [0.25, 0.3) is 0 Å². The average Bonchev–Trinajstić information content (AvgIpc) is 2.60. The molecule has 0 aliphatic rings. The number of hydrogen-bond acceptors (Lipinski definition) is 1. The van der Waals surface area contributed by atoms with Gasteiger partial charge in [0.15, 0.2) is 6.20 Å². The lowest BCUT2D eigenvalue weighted by Crippen LogP contribution is -3.00. The van der Waals surface area contributed by atoms with Crippen molar-refractivity contribution >= 4 is 23.1 Å². The summed E-state index contributed by atoms with van der Waals surface area (Å²) in [7, 11) is 2.07. The summed E-state index contributed by atoms with van der Waals surface area (Å²) in [6.45, 7) is 8.10. The molecule has 0 aliphatic heterocycles. The van der Waals surface area contributed by atoms with Crippen LogP contribution in [0.25, 0.3) is 23.1 Å². The number of aryl methyl sites for hydroxylation is 1. The van der Waals surface area contributed by atoms with E-state index < -0.39 is 0 Å². The van der Waals surface area contributed by atoms with Crippen LogP contribution in [0.3, 0.4) is 0 Å². The van der Waals surface area contributed by atoms with Crippen molar-refractivity contribution in [1.82, 2.24) is 0 Å². The van der Waals surface area contributed by atoms with Crippen molar-refractivity contribution in [3.63, 3.8) is 0 Å². The molecule has 25 heavy (non-hydrogen) atoms. The Bertz CT molecular complexity index is 944. The number of pyridine rings is 1. The highest BCUT2D eigenvalue weighted by Crippen LogP contribution is 2.32. The van der Waals surface area contributed by atoms with E-state index in [2.05, 4.69) is 74.1 Å². The Morgan fingerprint density at radius 1 is 0.840 bits per heavy atom. The molecule has 0 amide bonds. The van der Waals surface area contributed by atoms with E-state index >= 15 is 0 Å². The van der Waals surface area contributed by atoms with E-state index in [1.54, 1.807) is 0 Å². The van der Waals surface area contributed by atoms with E-state index in [0.29, 0.717) is 5.75 Å². The number of phenols is 1. The monoisotopic (exact) mass is 445 g/mol. The fourth-order valence-electron chi connectivity index (χ4n) is 3.28. The number of fused-ring (bicyclic) bond motifs is 1. The third-order valence-electron chi connectivity index (χ3n) is 5.15. The fraction of sp³-hybridized carbons (Fsp3) is 0.227. The Hall–Kier alpha value is -1.88. The van der Waals surface area contributed by atoms with Crippen molar-refractivity contribution in [2.24, 2.45) is 7.05 Å². The molecule has 0 bridgehead atoms. The van der Waals surface area contributed by atoms with Gasteiger partial charge in [0.1, 0.15) is 12.8 Å². The summed E-state index contributed by atoms with van der Waals surface area (Å²) in [6, 6.07) is 10.6. The molecule has 0 saturated carbocycles. The molecule has 0 fully saturated rings. The van der Waals surface area contributed by atoms with Crippen LogP contribution in [0, 0.1) is 27.7 Å². The fourth-order valence-corrected chi connectivity index (χ4v) is 3.28. The number of halogens is 1. The van der Waals surface area contributed by atoms with E-state index in [4.69, 9.17) is 0 Å². The minimum absolute atomic E-state index is 0. The lowest BCUT2D eigenvalue weighted by molar-refractivity contribution is -0.644. The van der Waals surface area contributed by atoms with Crippen molar-refractivity contribution in [2.45, 2.75) is 27.7 Å². The quantitative estimate of drug-likeness (QED) is 0.472. The highest BCUT2D eigenvalue weighted by atomic mass is 127. The van der Waals surface area contributed by atoms with Gasteiger partial charge in [-0.15, -0.1) is 0 Å². The van der Waals surface area contributed by atoms with Crippen LogP contribution in [0.5, 0.6) is 5.75 Å². The summed E-state index contributed by atoms with van der Waals surface area (Å²) in [4.78, 5) is 0. The van der Waals surface area contributed by atoms with Crippen LogP contribution in [-0.4, -0.2) is 5.11 Å². The van der Waals surface area contributed by atoms with Crippen molar-refractivity contribution in [2.75, 3.05) is 0 Å². The summed E-state index contributed by atoms with van der Waals surface area (Å²) in [5.41, 5.74) is 7.80. The van der Waals surface area contributed by atoms with Crippen LogP contribution in [0.1, 0.15) is 33.4 Å². The maximum atomic E-state index is 10.2. The number of rotatable bonds is 2. The van der Waals surface area contributed by atoms with E-state index in [1.807, 2.05) is 13.8 Å². The van der Waals surface area contributed by atoms with Gasteiger partial charge >= 0.3 is 0 Å². The molecule has 2 aromatic carbocycles. The second-order valence-electron chi connectivity index (χ2n) is 6.49. The largest absolute Gasteiger partial charge is 1.00 e. The Morgan fingerprint density at radius 3 is 2.08 bits per heavy atom. The van der Waals surface area contributed by atoms with Gasteiger partial charge in [-0.25, -0.2) is 4.57 Å². The van der Waals surface area contributed by atoms with Gasteiger partial charge in [-0.05, 0) is 67.1 Å². The highest BCUT2D eigenvalue weighted by Gasteiger charge is 2.12. The Morgan fingerprint density at radius 2 is 1.44 bits per heavy atom. The van der Waals surface area contributed by atoms with E-state index in [1.165, 1.54) is 22.0 Å². The van der Waals surface area contributed by atoms with Gasteiger partial charge in [-0.1, -0.05) is 24.3 Å². The first-order valence-electron chi connectivity index (χ1n) is 8.26. The first-order valence-corrected chi connectivity index (χ1v) is 8.26. The number of para-hydroxylation sites is 1. The van der Waals surface area contributed by atoms with Crippen LogP contribution < -0.4 is 28.5 Å². The first-order chi connectivity index (χ1) is 11.4. The van der Waals surface area contributed by atoms with E-state index in [-0.39, 0.29) is 24.0 Å². The molecule has 130 valence electrons. The molecule has 0 saturated heterocycles. The second-order valence-corrected chi connectivity index (χ2v) is 6.49.